The minimum absolute atomic E-state index is 0.433. The molecule has 0 saturated carbocycles. The third-order valence-corrected chi connectivity index (χ3v) is 4.59. The molecule has 18 heavy (non-hydrogen) atoms. The lowest BCUT2D eigenvalue weighted by Gasteiger charge is -2.15. The zero-order chi connectivity index (χ0) is 12.8. The molecule has 1 fully saturated rings. The lowest BCUT2D eigenvalue weighted by Crippen LogP contribution is -2.26. The molecule has 1 aromatic rings. The van der Waals surface area contributed by atoms with Crippen LogP contribution in [0.2, 0.25) is 0 Å². The summed E-state index contributed by atoms with van der Waals surface area (Å²) >= 11 is 1.82. The van der Waals surface area contributed by atoms with Gasteiger partial charge in [0.1, 0.15) is 13.1 Å². The van der Waals surface area contributed by atoms with Gasteiger partial charge in [-0.1, -0.05) is 30.3 Å². The predicted octanol–water partition coefficient (Wildman–Crippen LogP) is 3.68. The van der Waals surface area contributed by atoms with Crippen LogP contribution >= 0.6 is 11.8 Å². The molecule has 0 radical (unpaired) electrons. The summed E-state index contributed by atoms with van der Waals surface area (Å²) in [4.78, 5) is 0. The minimum atomic E-state index is 0.433. The Morgan fingerprint density at radius 1 is 1.17 bits per heavy atom. The smallest absolute Gasteiger partial charge is 0.400 e. The van der Waals surface area contributed by atoms with Gasteiger partial charge in [0.05, 0.1) is 7.11 Å². The number of hydrogen-bond donors (Lipinski definition) is 0. The Morgan fingerprint density at radius 2 is 1.83 bits per heavy atom. The predicted molar refractivity (Wildman–Crippen MR) is 78.3 cm³/mol. The van der Waals surface area contributed by atoms with E-state index in [0.29, 0.717) is 5.25 Å². The van der Waals surface area contributed by atoms with Crippen molar-refractivity contribution in [1.29, 1.82) is 0 Å². The zero-order valence-corrected chi connectivity index (χ0v) is 12.1. The van der Waals surface area contributed by atoms with Gasteiger partial charge in [-0.15, -0.1) is 0 Å². The van der Waals surface area contributed by atoms with Gasteiger partial charge in [-0.3, -0.25) is 0 Å². The maximum Gasteiger partial charge on any atom is 0.400 e. The van der Waals surface area contributed by atoms with E-state index in [4.69, 9.17) is 4.74 Å². The second-order valence-corrected chi connectivity index (χ2v) is 5.98. The molecule has 1 saturated heterocycles. The topological polar surface area (TPSA) is 12.2 Å². The van der Waals surface area contributed by atoms with Crippen LogP contribution in [-0.2, 0) is 4.74 Å². The molecular formula is C15H22NOS+. The number of piperidine rings is 1. The standard InChI is InChI=1S/C15H22NOS/c1-13(14-9-5-3-6-10-14)18-15(17-2)16-11-7-4-8-12-16/h3,5-6,9-10,13H,4,7-8,11-12H2,1-2H3/q+1. The molecule has 1 aromatic carbocycles. The fourth-order valence-corrected chi connectivity index (χ4v) is 3.30. The number of benzene rings is 1. The summed E-state index contributed by atoms with van der Waals surface area (Å²) in [5, 5.41) is 1.51. The first-order valence-electron chi connectivity index (χ1n) is 6.68. The highest BCUT2D eigenvalue weighted by atomic mass is 32.2. The highest BCUT2D eigenvalue weighted by Gasteiger charge is 2.22. The van der Waals surface area contributed by atoms with E-state index in [0.717, 1.165) is 18.3 Å². The summed E-state index contributed by atoms with van der Waals surface area (Å²) in [6.45, 7) is 4.51. The fourth-order valence-electron chi connectivity index (χ4n) is 2.27. The van der Waals surface area contributed by atoms with Crippen LogP contribution in [0.5, 0.6) is 0 Å². The highest BCUT2D eigenvalue weighted by Crippen LogP contribution is 2.29. The van der Waals surface area contributed by atoms with Crippen LogP contribution in [0.4, 0.5) is 0 Å². The monoisotopic (exact) mass is 264 g/mol. The van der Waals surface area contributed by atoms with E-state index in [1.54, 1.807) is 7.11 Å². The molecule has 1 aliphatic rings. The van der Waals surface area contributed by atoms with E-state index in [2.05, 4.69) is 41.8 Å². The van der Waals surface area contributed by atoms with Crippen molar-refractivity contribution < 1.29 is 9.31 Å². The zero-order valence-electron chi connectivity index (χ0n) is 11.3. The average Bonchev–Trinajstić information content (AvgIpc) is 2.46. The summed E-state index contributed by atoms with van der Waals surface area (Å²) in [6.07, 6.45) is 3.92. The van der Waals surface area contributed by atoms with Gasteiger partial charge in [-0.25, -0.2) is 0 Å². The number of rotatable bonds is 2. The minimum Gasteiger partial charge on any atom is -0.443 e. The van der Waals surface area contributed by atoms with Crippen molar-refractivity contribution in [1.82, 2.24) is 0 Å². The molecule has 0 bridgehead atoms. The Kier molecular flexibility index (Phi) is 5.12. The highest BCUT2D eigenvalue weighted by molar-refractivity contribution is 8.13. The van der Waals surface area contributed by atoms with Crippen LogP contribution in [0.1, 0.15) is 37.0 Å². The Balaban J connectivity index is 2.06. The number of hydrogen-bond acceptors (Lipinski definition) is 2. The van der Waals surface area contributed by atoms with Crippen LogP contribution in [-0.4, -0.2) is 30.0 Å². The third-order valence-electron chi connectivity index (χ3n) is 3.34. The van der Waals surface area contributed by atoms with E-state index in [1.807, 2.05) is 11.8 Å². The first-order valence-corrected chi connectivity index (χ1v) is 7.56. The van der Waals surface area contributed by atoms with Crippen LogP contribution < -0.4 is 0 Å². The molecular weight excluding hydrogens is 242 g/mol. The summed E-state index contributed by atoms with van der Waals surface area (Å²) in [5.41, 5.74) is 1.36. The molecule has 98 valence electrons. The molecule has 1 unspecified atom stereocenters. The van der Waals surface area contributed by atoms with Crippen molar-refractivity contribution in [3.05, 3.63) is 35.9 Å². The Morgan fingerprint density at radius 3 is 2.44 bits per heavy atom. The Hall–Kier alpha value is -0.960. The fraction of sp³-hybridized carbons (Fsp3) is 0.533. The molecule has 1 aliphatic heterocycles. The first kappa shape index (κ1) is 13.5. The molecule has 1 heterocycles. The molecule has 2 nitrogen and oxygen atoms in total. The lowest BCUT2D eigenvalue weighted by molar-refractivity contribution is -0.541. The molecule has 0 spiro atoms. The van der Waals surface area contributed by atoms with E-state index in [9.17, 15) is 0 Å². The van der Waals surface area contributed by atoms with E-state index >= 15 is 0 Å². The van der Waals surface area contributed by atoms with Crippen molar-refractivity contribution in [3.8, 4) is 0 Å². The van der Waals surface area contributed by atoms with Gasteiger partial charge in [0.25, 0.3) is 0 Å². The number of thioether (sulfide) groups is 1. The second-order valence-electron chi connectivity index (χ2n) is 4.69. The SMILES string of the molecule is COC(SC(C)c1ccccc1)=[N+]1CCCCC1. The third kappa shape index (κ3) is 3.52. The van der Waals surface area contributed by atoms with Crippen LogP contribution in [0.3, 0.4) is 0 Å². The van der Waals surface area contributed by atoms with E-state index in [-0.39, 0.29) is 0 Å². The largest absolute Gasteiger partial charge is 0.443 e. The van der Waals surface area contributed by atoms with Crippen LogP contribution in [0.25, 0.3) is 0 Å². The Bertz CT molecular complexity index is 394. The summed E-state index contributed by atoms with van der Waals surface area (Å²) in [6, 6.07) is 10.6. The number of ether oxygens (including phenoxy) is 1. The van der Waals surface area contributed by atoms with Gasteiger partial charge >= 0.3 is 5.23 Å². The quantitative estimate of drug-likeness (QED) is 0.597. The maximum atomic E-state index is 5.59. The second kappa shape index (κ2) is 6.83. The van der Waals surface area contributed by atoms with Crippen molar-refractivity contribution >= 4 is 17.0 Å². The van der Waals surface area contributed by atoms with Crippen molar-refractivity contribution in [2.45, 2.75) is 31.4 Å². The van der Waals surface area contributed by atoms with E-state index in [1.165, 1.54) is 24.8 Å². The molecule has 0 aliphatic carbocycles. The van der Waals surface area contributed by atoms with Crippen molar-refractivity contribution in [2.75, 3.05) is 20.2 Å². The summed E-state index contributed by atoms with van der Waals surface area (Å²) in [7, 11) is 1.79. The van der Waals surface area contributed by atoms with Gasteiger partial charge in [-0.05, 0) is 30.7 Å². The van der Waals surface area contributed by atoms with Crippen LogP contribution in [0, 0.1) is 0 Å². The summed E-state index contributed by atoms with van der Waals surface area (Å²) in [5.74, 6) is 0. The van der Waals surface area contributed by atoms with Gasteiger partial charge in [0.15, 0.2) is 0 Å². The number of nitrogens with zero attached hydrogens (tertiary/aromatic N) is 1. The van der Waals surface area contributed by atoms with Gasteiger partial charge in [-0.2, -0.15) is 4.58 Å². The van der Waals surface area contributed by atoms with Gasteiger partial charge in [0, 0.05) is 18.1 Å². The Labute approximate surface area is 114 Å². The van der Waals surface area contributed by atoms with Gasteiger partial charge in [0.2, 0.25) is 0 Å². The number of methoxy groups -OCH3 is 1. The van der Waals surface area contributed by atoms with E-state index < -0.39 is 0 Å². The first-order chi connectivity index (χ1) is 8.81. The molecule has 2 rings (SSSR count). The summed E-state index contributed by atoms with van der Waals surface area (Å²) < 4.78 is 7.97. The molecule has 3 heteroatoms. The van der Waals surface area contributed by atoms with Gasteiger partial charge < -0.3 is 4.74 Å². The van der Waals surface area contributed by atoms with Crippen molar-refractivity contribution in [3.63, 3.8) is 0 Å². The molecule has 0 aromatic heterocycles. The molecule has 0 N–H and O–H groups in total. The van der Waals surface area contributed by atoms with Crippen LogP contribution in [0.15, 0.2) is 30.3 Å². The van der Waals surface area contributed by atoms with Crippen molar-refractivity contribution in [2.24, 2.45) is 0 Å². The average molecular weight is 264 g/mol. The molecule has 1 atom stereocenters. The lowest BCUT2D eigenvalue weighted by atomic mass is 10.2. The molecule has 0 amide bonds. The normalized spacial score (nSPS) is 17.3. The maximum absolute atomic E-state index is 5.59.